The number of hydrogen-bond donors (Lipinski definition) is 1. The number of nitrogens with one attached hydrogen (secondary N) is 1. The largest absolute Gasteiger partial charge is 0.463 e. The van der Waals surface area contributed by atoms with Crippen molar-refractivity contribution in [1.82, 2.24) is 14.8 Å². The van der Waals surface area contributed by atoms with Crippen LogP contribution < -0.4 is 5.32 Å². The first-order chi connectivity index (χ1) is 14.8. The van der Waals surface area contributed by atoms with E-state index in [4.69, 9.17) is 9.15 Å². The van der Waals surface area contributed by atoms with Crippen molar-refractivity contribution in [2.75, 3.05) is 13.2 Å². The highest BCUT2D eigenvalue weighted by molar-refractivity contribution is 6.02. The molecular weight excluding hydrogens is 394 g/mol. The predicted molar refractivity (Wildman–Crippen MR) is 119 cm³/mol. The smallest absolute Gasteiger partial charge is 0.271 e. The van der Waals surface area contributed by atoms with Gasteiger partial charge in [0.15, 0.2) is 5.58 Å². The van der Waals surface area contributed by atoms with E-state index in [-0.39, 0.29) is 24.0 Å². The topological polar surface area (TPSA) is 76.7 Å². The average Bonchev–Trinajstić information content (AvgIpc) is 3.31. The molecule has 0 unspecified atom stereocenters. The zero-order chi connectivity index (χ0) is 22.2. The Morgan fingerprint density at radius 2 is 2.06 bits per heavy atom. The highest BCUT2D eigenvalue weighted by Gasteiger charge is 2.48. The van der Waals surface area contributed by atoms with Crippen molar-refractivity contribution in [1.29, 1.82) is 0 Å². The van der Waals surface area contributed by atoms with Crippen LogP contribution in [0.3, 0.4) is 0 Å². The summed E-state index contributed by atoms with van der Waals surface area (Å²) < 4.78 is 13.1. The summed E-state index contributed by atoms with van der Waals surface area (Å²) in [4.78, 5) is 28.9. The first-order valence-corrected chi connectivity index (χ1v) is 11.6. The number of aromatic nitrogens is 1. The summed E-state index contributed by atoms with van der Waals surface area (Å²) >= 11 is 0. The van der Waals surface area contributed by atoms with Gasteiger partial charge in [-0.1, -0.05) is 6.92 Å². The second-order valence-electron chi connectivity index (χ2n) is 9.72. The summed E-state index contributed by atoms with van der Waals surface area (Å²) in [6, 6.07) is 3.83. The van der Waals surface area contributed by atoms with Crippen molar-refractivity contribution < 1.29 is 18.7 Å². The lowest BCUT2D eigenvalue weighted by Crippen LogP contribution is -2.65. The lowest BCUT2D eigenvalue weighted by molar-refractivity contribution is -0.134. The summed E-state index contributed by atoms with van der Waals surface area (Å²) in [6.07, 6.45) is 6.72. The zero-order valence-corrected chi connectivity index (χ0v) is 19.1. The van der Waals surface area contributed by atoms with Crippen LogP contribution in [0.1, 0.15) is 70.3 Å². The normalized spacial score (nSPS) is 26.5. The maximum atomic E-state index is 13.6. The minimum absolute atomic E-state index is 0.0684. The molecule has 2 amide bonds. The molecule has 170 valence electrons. The maximum Gasteiger partial charge on any atom is 0.271 e. The van der Waals surface area contributed by atoms with E-state index in [1.54, 1.807) is 17.2 Å². The summed E-state index contributed by atoms with van der Waals surface area (Å²) in [6.45, 7) is 9.60. The van der Waals surface area contributed by atoms with E-state index in [2.05, 4.69) is 12.2 Å². The molecule has 1 aliphatic carbocycles. The van der Waals surface area contributed by atoms with Gasteiger partial charge in [0.2, 0.25) is 5.91 Å². The summed E-state index contributed by atoms with van der Waals surface area (Å²) in [7, 11) is 0. The molecule has 7 heteroatoms. The Hall–Kier alpha value is -2.28. The molecule has 1 atom stereocenters. The fourth-order valence-electron chi connectivity index (χ4n) is 4.91. The van der Waals surface area contributed by atoms with Crippen molar-refractivity contribution in [2.24, 2.45) is 5.92 Å². The molecule has 0 saturated heterocycles. The Labute approximate surface area is 184 Å². The van der Waals surface area contributed by atoms with Gasteiger partial charge in [-0.25, -0.2) is 0 Å². The van der Waals surface area contributed by atoms with Crippen LogP contribution in [0.15, 0.2) is 22.8 Å². The molecule has 2 aromatic rings. The summed E-state index contributed by atoms with van der Waals surface area (Å²) in [5.74, 6) is 0.521. The zero-order valence-electron chi connectivity index (χ0n) is 19.1. The van der Waals surface area contributed by atoms with Crippen LogP contribution in [0.2, 0.25) is 0 Å². The quantitative estimate of drug-likeness (QED) is 0.676. The van der Waals surface area contributed by atoms with Crippen molar-refractivity contribution in [3.05, 3.63) is 24.1 Å². The molecule has 3 heterocycles. The maximum absolute atomic E-state index is 13.6. The summed E-state index contributed by atoms with van der Waals surface area (Å²) in [5.41, 5.74) is 1.15. The van der Waals surface area contributed by atoms with Gasteiger partial charge in [-0.2, -0.15) is 0 Å². The van der Waals surface area contributed by atoms with Crippen molar-refractivity contribution in [3.63, 3.8) is 0 Å². The fraction of sp³-hybridized carbons (Fsp3) is 0.667. The third-order valence-corrected chi connectivity index (χ3v) is 6.87. The number of amides is 2. The minimum Gasteiger partial charge on any atom is -0.463 e. The van der Waals surface area contributed by atoms with Crippen LogP contribution in [0.5, 0.6) is 0 Å². The van der Waals surface area contributed by atoms with Gasteiger partial charge < -0.3 is 23.9 Å². The highest BCUT2D eigenvalue weighted by atomic mass is 16.5. The average molecular weight is 430 g/mol. The van der Waals surface area contributed by atoms with Crippen molar-refractivity contribution >= 4 is 22.9 Å². The van der Waals surface area contributed by atoms with Crippen LogP contribution in [-0.4, -0.2) is 52.1 Å². The van der Waals surface area contributed by atoms with E-state index in [1.807, 2.05) is 31.4 Å². The van der Waals surface area contributed by atoms with Gasteiger partial charge in [-0.05, 0) is 58.8 Å². The standard InChI is InChI=1S/C24H35N3O4/c1-16(2)30-12-5-11-27-22(28)20-14-21-19(10-13-31-21)26(20)15-24(27,4)23(29)25-18-8-6-17(3)7-9-18/h10,13-14,16-18H,5-9,11-12,15H2,1-4H3,(H,25,29)/t17?,18?,24-/m0/s1. The third-order valence-electron chi connectivity index (χ3n) is 6.87. The van der Waals surface area contributed by atoms with Gasteiger partial charge >= 0.3 is 0 Å². The molecular formula is C24H35N3O4. The fourth-order valence-corrected chi connectivity index (χ4v) is 4.91. The Bertz CT molecular complexity index is 938. The van der Waals surface area contributed by atoms with E-state index < -0.39 is 5.54 Å². The van der Waals surface area contributed by atoms with E-state index in [1.165, 1.54) is 0 Å². The molecule has 1 N–H and O–H groups in total. The first kappa shape index (κ1) is 21.9. The van der Waals surface area contributed by atoms with Gasteiger partial charge in [-0.3, -0.25) is 9.59 Å². The third kappa shape index (κ3) is 4.25. The summed E-state index contributed by atoms with van der Waals surface area (Å²) in [5, 5.41) is 3.27. The van der Waals surface area contributed by atoms with E-state index in [0.717, 1.165) is 31.2 Å². The van der Waals surface area contributed by atoms with Crippen molar-refractivity contribution in [2.45, 2.75) is 84.0 Å². The van der Waals surface area contributed by atoms with E-state index in [9.17, 15) is 9.59 Å². The van der Waals surface area contributed by atoms with Crippen LogP contribution in [0.25, 0.3) is 11.1 Å². The Morgan fingerprint density at radius 3 is 2.77 bits per heavy atom. The first-order valence-electron chi connectivity index (χ1n) is 11.6. The Morgan fingerprint density at radius 1 is 1.32 bits per heavy atom. The van der Waals surface area contributed by atoms with Gasteiger partial charge in [0.25, 0.3) is 5.91 Å². The number of nitrogens with zero attached hydrogens (tertiary/aromatic N) is 2. The molecule has 2 aliphatic rings. The van der Waals surface area contributed by atoms with Crippen LogP contribution in [0, 0.1) is 5.92 Å². The Kier molecular flexibility index (Phi) is 6.15. The Balaban J connectivity index is 1.58. The highest BCUT2D eigenvalue weighted by Crippen LogP contribution is 2.33. The number of rotatable bonds is 7. The molecule has 7 nitrogen and oxygen atoms in total. The number of furan rings is 1. The lowest BCUT2D eigenvalue weighted by Gasteiger charge is -2.45. The number of ether oxygens (including phenoxy) is 1. The SMILES string of the molecule is CC1CCC(NC(=O)[C@]2(C)Cn3c(cc4occc43)C(=O)N2CCCOC(C)C)CC1. The molecule has 2 aromatic heterocycles. The van der Waals surface area contributed by atoms with Gasteiger partial charge in [0, 0.05) is 31.3 Å². The second-order valence-corrected chi connectivity index (χ2v) is 9.72. The van der Waals surface area contributed by atoms with Gasteiger partial charge in [0.1, 0.15) is 11.2 Å². The molecule has 4 rings (SSSR count). The number of carbonyl (C=O) groups excluding carboxylic acids is 2. The minimum atomic E-state index is -0.964. The molecule has 0 radical (unpaired) electrons. The molecule has 0 spiro atoms. The number of carbonyl (C=O) groups is 2. The van der Waals surface area contributed by atoms with Crippen LogP contribution in [-0.2, 0) is 16.1 Å². The second kappa shape index (κ2) is 8.69. The lowest BCUT2D eigenvalue weighted by atomic mass is 9.86. The molecule has 0 aromatic carbocycles. The van der Waals surface area contributed by atoms with E-state index in [0.29, 0.717) is 43.3 Å². The van der Waals surface area contributed by atoms with Crippen LogP contribution >= 0.6 is 0 Å². The van der Waals surface area contributed by atoms with Gasteiger partial charge in [0.05, 0.1) is 24.4 Å². The van der Waals surface area contributed by atoms with Gasteiger partial charge in [-0.15, -0.1) is 0 Å². The molecule has 1 fully saturated rings. The van der Waals surface area contributed by atoms with E-state index >= 15 is 0 Å². The molecule has 0 bridgehead atoms. The molecule has 31 heavy (non-hydrogen) atoms. The number of fused-ring (bicyclic) bond motifs is 3. The number of hydrogen-bond acceptors (Lipinski definition) is 4. The van der Waals surface area contributed by atoms with Crippen LogP contribution in [0.4, 0.5) is 0 Å². The molecule has 1 saturated carbocycles. The molecule has 1 aliphatic heterocycles. The van der Waals surface area contributed by atoms with Crippen molar-refractivity contribution in [3.8, 4) is 0 Å². The predicted octanol–water partition coefficient (Wildman–Crippen LogP) is 3.96. The monoisotopic (exact) mass is 429 g/mol.